The summed E-state index contributed by atoms with van der Waals surface area (Å²) < 4.78 is 5.67. The van der Waals surface area contributed by atoms with Crippen LogP contribution in [0.4, 0.5) is 5.82 Å². The first kappa shape index (κ1) is 12.3. The minimum Gasteiger partial charge on any atom is -0.487 e. The predicted octanol–water partition coefficient (Wildman–Crippen LogP) is 1.64. The molecule has 6 heteroatoms. The normalized spacial score (nSPS) is 10.6. The van der Waals surface area contributed by atoms with Crippen molar-refractivity contribution >= 4 is 5.82 Å². The number of ether oxygens (including phenoxy) is 1. The Hall–Kier alpha value is -2.11. The number of nitrogens with one attached hydrogen (secondary N) is 2. The van der Waals surface area contributed by atoms with E-state index in [0.717, 1.165) is 30.4 Å². The Balaban J connectivity index is 1.92. The Kier molecular flexibility index (Phi) is 4.11. The Labute approximate surface area is 106 Å². The summed E-state index contributed by atoms with van der Waals surface area (Å²) in [6.45, 7) is 4.71. The van der Waals surface area contributed by atoms with Crippen LogP contribution in [-0.4, -0.2) is 32.8 Å². The fraction of sp³-hybridized carbons (Fsp3) is 0.417. The highest BCUT2D eigenvalue weighted by Crippen LogP contribution is 2.21. The van der Waals surface area contributed by atoms with E-state index in [-0.39, 0.29) is 6.10 Å². The van der Waals surface area contributed by atoms with Gasteiger partial charge in [0.25, 0.3) is 0 Å². The number of rotatable bonds is 6. The van der Waals surface area contributed by atoms with Gasteiger partial charge in [0, 0.05) is 19.2 Å². The fourth-order valence-corrected chi connectivity index (χ4v) is 1.52. The quantitative estimate of drug-likeness (QED) is 0.811. The Bertz CT molecular complexity index is 469. The molecule has 6 nitrogen and oxygen atoms in total. The van der Waals surface area contributed by atoms with Crippen molar-refractivity contribution in [2.75, 3.05) is 11.9 Å². The molecule has 0 atom stereocenters. The zero-order chi connectivity index (χ0) is 12.8. The van der Waals surface area contributed by atoms with Gasteiger partial charge in [-0.15, -0.1) is 0 Å². The fourth-order valence-electron chi connectivity index (χ4n) is 1.52. The lowest BCUT2D eigenvalue weighted by Gasteiger charge is -2.13. The highest BCUT2D eigenvalue weighted by molar-refractivity contribution is 5.49. The van der Waals surface area contributed by atoms with E-state index in [1.807, 2.05) is 26.0 Å². The molecular weight excluding hydrogens is 230 g/mol. The lowest BCUT2D eigenvalue weighted by Crippen LogP contribution is -2.11. The summed E-state index contributed by atoms with van der Waals surface area (Å²) in [6, 6.07) is 3.77. The number of hydrogen-bond donors (Lipinski definition) is 2. The average molecular weight is 247 g/mol. The van der Waals surface area contributed by atoms with E-state index in [0.29, 0.717) is 0 Å². The van der Waals surface area contributed by atoms with Crippen LogP contribution in [0.25, 0.3) is 0 Å². The first-order valence-corrected chi connectivity index (χ1v) is 5.95. The molecule has 2 rings (SSSR count). The molecule has 2 aromatic rings. The molecule has 0 bridgehead atoms. The first-order valence-electron chi connectivity index (χ1n) is 5.95. The molecule has 2 heterocycles. The number of H-pyrrole nitrogens is 1. The maximum absolute atomic E-state index is 5.67. The van der Waals surface area contributed by atoms with Crippen LogP contribution in [0.2, 0.25) is 0 Å². The van der Waals surface area contributed by atoms with E-state index in [2.05, 4.69) is 25.5 Å². The van der Waals surface area contributed by atoms with Gasteiger partial charge >= 0.3 is 0 Å². The molecule has 0 saturated carbocycles. The van der Waals surface area contributed by atoms with Crippen molar-refractivity contribution in [1.82, 2.24) is 20.2 Å². The molecule has 0 aliphatic heterocycles. The molecule has 0 amide bonds. The van der Waals surface area contributed by atoms with Gasteiger partial charge in [-0.05, 0) is 26.0 Å². The largest absolute Gasteiger partial charge is 0.487 e. The molecule has 0 spiro atoms. The molecule has 0 saturated heterocycles. The van der Waals surface area contributed by atoms with E-state index in [4.69, 9.17) is 4.74 Å². The summed E-state index contributed by atoms with van der Waals surface area (Å²) in [4.78, 5) is 8.33. The van der Waals surface area contributed by atoms with Gasteiger partial charge in [0.1, 0.15) is 12.2 Å². The van der Waals surface area contributed by atoms with E-state index in [9.17, 15) is 0 Å². The maximum Gasteiger partial charge on any atom is 0.168 e. The molecular formula is C12H17N5O. The van der Waals surface area contributed by atoms with Gasteiger partial charge < -0.3 is 10.1 Å². The summed E-state index contributed by atoms with van der Waals surface area (Å²) >= 11 is 0. The van der Waals surface area contributed by atoms with E-state index in [1.54, 1.807) is 6.20 Å². The molecule has 96 valence electrons. The third-order valence-electron chi connectivity index (χ3n) is 2.25. The number of aromatic amines is 1. The number of pyridine rings is 1. The van der Waals surface area contributed by atoms with Gasteiger partial charge in [-0.3, -0.25) is 5.10 Å². The van der Waals surface area contributed by atoms with Crippen molar-refractivity contribution < 1.29 is 4.74 Å². The maximum atomic E-state index is 5.67. The van der Waals surface area contributed by atoms with Crippen molar-refractivity contribution in [3.8, 4) is 5.75 Å². The molecule has 18 heavy (non-hydrogen) atoms. The molecule has 0 aliphatic rings. The van der Waals surface area contributed by atoms with Gasteiger partial charge in [-0.1, -0.05) is 0 Å². The van der Waals surface area contributed by atoms with Gasteiger partial charge in [-0.25, -0.2) is 9.97 Å². The third kappa shape index (κ3) is 3.44. The highest BCUT2D eigenvalue weighted by Gasteiger charge is 2.06. The summed E-state index contributed by atoms with van der Waals surface area (Å²) in [5.74, 6) is 2.38. The van der Waals surface area contributed by atoms with E-state index >= 15 is 0 Å². The second kappa shape index (κ2) is 6.00. The number of nitrogens with zero attached hydrogens (tertiary/aromatic N) is 3. The van der Waals surface area contributed by atoms with Crippen LogP contribution >= 0.6 is 0 Å². The lowest BCUT2D eigenvalue weighted by molar-refractivity contribution is 0.243. The van der Waals surface area contributed by atoms with E-state index in [1.165, 1.54) is 6.33 Å². The molecule has 0 unspecified atom stereocenters. The van der Waals surface area contributed by atoms with Crippen LogP contribution in [0, 0.1) is 0 Å². The van der Waals surface area contributed by atoms with Gasteiger partial charge in [0.05, 0.1) is 6.10 Å². The van der Waals surface area contributed by atoms with Crippen LogP contribution in [0.3, 0.4) is 0 Å². The topological polar surface area (TPSA) is 75.7 Å². The van der Waals surface area contributed by atoms with Crippen LogP contribution in [-0.2, 0) is 6.42 Å². The third-order valence-corrected chi connectivity index (χ3v) is 2.25. The van der Waals surface area contributed by atoms with Crippen molar-refractivity contribution in [2.45, 2.75) is 26.4 Å². The van der Waals surface area contributed by atoms with Gasteiger partial charge in [0.2, 0.25) is 0 Å². The number of hydrogen-bond acceptors (Lipinski definition) is 5. The standard InChI is InChI=1S/C12H17N5O/c1-9(2)18-10-4-3-6-13-12(10)14-7-5-11-15-8-16-17-11/h3-4,6,8-9H,5,7H2,1-2H3,(H,13,14)(H,15,16,17). The predicted molar refractivity (Wildman–Crippen MR) is 68.6 cm³/mol. The summed E-state index contributed by atoms with van der Waals surface area (Å²) in [6.07, 6.45) is 4.13. The van der Waals surface area contributed by atoms with Crippen LogP contribution in [0.1, 0.15) is 19.7 Å². The van der Waals surface area contributed by atoms with Crippen molar-refractivity contribution in [3.63, 3.8) is 0 Å². The van der Waals surface area contributed by atoms with Crippen molar-refractivity contribution in [1.29, 1.82) is 0 Å². The number of anilines is 1. The molecule has 2 N–H and O–H groups in total. The minimum atomic E-state index is 0.129. The lowest BCUT2D eigenvalue weighted by atomic mass is 10.3. The zero-order valence-electron chi connectivity index (χ0n) is 10.6. The second-order valence-electron chi connectivity index (χ2n) is 4.13. The average Bonchev–Trinajstić information content (AvgIpc) is 2.84. The van der Waals surface area contributed by atoms with Crippen LogP contribution < -0.4 is 10.1 Å². The zero-order valence-corrected chi connectivity index (χ0v) is 10.6. The SMILES string of the molecule is CC(C)Oc1cccnc1NCCc1ncn[nH]1. The molecule has 2 aromatic heterocycles. The molecule has 0 aliphatic carbocycles. The smallest absolute Gasteiger partial charge is 0.168 e. The van der Waals surface area contributed by atoms with Gasteiger partial charge in [0.15, 0.2) is 11.6 Å². The van der Waals surface area contributed by atoms with Gasteiger partial charge in [-0.2, -0.15) is 5.10 Å². The summed E-state index contributed by atoms with van der Waals surface area (Å²) in [5.41, 5.74) is 0. The van der Waals surface area contributed by atoms with E-state index < -0.39 is 0 Å². The van der Waals surface area contributed by atoms with Crippen LogP contribution in [0.15, 0.2) is 24.7 Å². The minimum absolute atomic E-state index is 0.129. The monoisotopic (exact) mass is 247 g/mol. The first-order chi connectivity index (χ1) is 8.75. The Morgan fingerprint density at radius 1 is 1.39 bits per heavy atom. The van der Waals surface area contributed by atoms with Crippen LogP contribution in [0.5, 0.6) is 5.75 Å². The molecule has 0 radical (unpaired) electrons. The summed E-state index contributed by atoms with van der Waals surface area (Å²) in [7, 11) is 0. The van der Waals surface area contributed by atoms with Crippen molar-refractivity contribution in [2.24, 2.45) is 0 Å². The molecule has 0 aromatic carbocycles. The Morgan fingerprint density at radius 2 is 2.28 bits per heavy atom. The molecule has 0 fully saturated rings. The number of aromatic nitrogens is 4. The van der Waals surface area contributed by atoms with Crippen molar-refractivity contribution in [3.05, 3.63) is 30.5 Å². The Morgan fingerprint density at radius 3 is 3.00 bits per heavy atom. The highest BCUT2D eigenvalue weighted by atomic mass is 16.5. The summed E-state index contributed by atoms with van der Waals surface area (Å²) in [5, 5.41) is 9.85. The second-order valence-corrected chi connectivity index (χ2v) is 4.13.